The predicted molar refractivity (Wildman–Crippen MR) is 116 cm³/mol. The molecule has 1 amide bonds. The maximum atomic E-state index is 12.9. The fourth-order valence-corrected chi connectivity index (χ4v) is 4.89. The molecule has 1 N–H and O–H groups in total. The second-order valence-corrected chi connectivity index (χ2v) is 9.19. The fraction of sp³-hybridized carbons (Fsp3) is 0.286. The molecule has 0 aromatic heterocycles. The first-order chi connectivity index (χ1) is 13.9. The quantitative estimate of drug-likeness (QED) is 0.758. The lowest BCUT2D eigenvalue weighted by Gasteiger charge is -2.33. The van der Waals surface area contributed by atoms with Gasteiger partial charge in [0.15, 0.2) is 0 Å². The minimum Gasteiger partial charge on any atom is -0.325 e. The molecule has 29 heavy (non-hydrogen) atoms. The molecule has 0 aliphatic carbocycles. The largest absolute Gasteiger partial charge is 0.325 e. The summed E-state index contributed by atoms with van der Waals surface area (Å²) in [4.78, 5) is 13.5. The van der Waals surface area contributed by atoms with E-state index < -0.39 is 10.0 Å². The smallest absolute Gasteiger partial charge is 0.243 e. The van der Waals surface area contributed by atoms with E-state index in [9.17, 15) is 13.2 Å². The molecule has 1 aliphatic heterocycles. The van der Waals surface area contributed by atoms with Crippen LogP contribution in [0.15, 0.2) is 59.5 Å². The lowest BCUT2D eigenvalue weighted by molar-refractivity contribution is -0.114. The number of sulfonamides is 1. The molecule has 1 heterocycles. The normalized spacial score (nSPS) is 16.2. The summed E-state index contributed by atoms with van der Waals surface area (Å²) in [5, 5.41) is 2.78. The van der Waals surface area contributed by atoms with Crippen molar-refractivity contribution in [2.45, 2.75) is 11.8 Å². The van der Waals surface area contributed by atoms with Crippen LogP contribution < -0.4 is 5.32 Å². The average Bonchev–Trinajstić information content (AvgIpc) is 2.70. The molecule has 1 fully saturated rings. The van der Waals surface area contributed by atoms with Crippen LogP contribution >= 0.6 is 11.6 Å². The standard InChI is InChI=1S/C21H24ClN3O3S/c1-17(26)23-21-10-9-19(16-20(21)22)29(27,28)25-14-12-24(13-15-25)11-5-8-18-6-3-2-4-7-18/h2-10,16H,11-15H2,1H3,(H,23,26)/b8-5+. The molecule has 6 nitrogen and oxygen atoms in total. The number of hydrogen-bond donors (Lipinski definition) is 1. The highest BCUT2D eigenvalue weighted by Crippen LogP contribution is 2.27. The Hall–Kier alpha value is -2.19. The summed E-state index contributed by atoms with van der Waals surface area (Å²) in [5.41, 5.74) is 1.54. The second-order valence-electron chi connectivity index (χ2n) is 6.84. The molecule has 0 spiro atoms. The number of rotatable bonds is 6. The SMILES string of the molecule is CC(=O)Nc1ccc(S(=O)(=O)N2CCN(C/C=C/c3ccccc3)CC2)cc1Cl. The summed E-state index contributed by atoms with van der Waals surface area (Å²) in [7, 11) is -3.63. The highest BCUT2D eigenvalue weighted by atomic mass is 35.5. The van der Waals surface area contributed by atoms with Crippen molar-refractivity contribution in [2.75, 3.05) is 38.0 Å². The van der Waals surface area contributed by atoms with Crippen LogP contribution in [-0.4, -0.2) is 56.3 Å². The molecular weight excluding hydrogens is 410 g/mol. The van der Waals surface area contributed by atoms with E-state index in [2.05, 4.69) is 22.4 Å². The van der Waals surface area contributed by atoms with Gasteiger partial charge in [-0.1, -0.05) is 54.1 Å². The first-order valence-electron chi connectivity index (χ1n) is 9.37. The van der Waals surface area contributed by atoms with Crippen molar-refractivity contribution in [3.63, 3.8) is 0 Å². The second kappa shape index (κ2) is 9.54. The van der Waals surface area contributed by atoms with E-state index in [4.69, 9.17) is 11.6 Å². The van der Waals surface area contributed by atoms with Gasteiger partial charge in [-0.25, -0.2) is 8.42 Å². The Morgan fingerprint density at radius 2 is 1.79 bits per heavy atom. The van der Waals surface area contributed by atoms with Crippen LogP contribution in [0.25, 0.3) is 6.08 Å². The average molecular weight is 434 g/mol. The minimum absolute atomic E-state index is 0.133. The molecule has 0 radical (unpaired) electrons. The Morgan fingerprint density at radius 1 is 1.10 bits per heavy atom. The van der Waals surface area contributed by atoms with Crippen LogP contribution in [0.2, 0.25) is 5.02 Å². The van der Waals surface area contributed by atoms with Crippen molar-refractivity contribution >= 4 is 39.3 Å². The van der Waals surface area contributed by atoms with E-state index >= 15 is 0 Å². The first-order valence-corrected chi connectivity index (χ1v) is 11.2. The molecule has 0 unspecified atom stereocenters. The summed E-state index contributed by atoms with van der Waals surface area (Å²) in [5.74, 6) is -0.264. The van der Waals surface area contributed by atoms with Crippen molar-refractivity contribution in [2.24, 2.45) is 0 Å². The Labute approximate surface area is 176 Å². The Balaban J connectivity index is 1.59. The van der Waals surface area contributed by atoms with E-state index in [1.165, 1.54) is 29.4 Å². The lowest BCUT2D eigenvalue weighted by Crippen LogP contribution is -2.48. The molecule has 2 aromatic carbocycles. The van der Waals surface area contributed by atoms with Crippen LogP contribution in [-0.2, 0) is 14.8 Å². The van der Waals surface area contributed by atoms with E-state index in [1.54, 1.807) is 0 Å². The van der Waals surface area contributed by atoms with Gasteiger partial charge in [-0.2, -0.15) is 4.31 Å². The van der Waals surface area contributed by atoms with Gasteiger partial charge in [-0.15, -0.1) is 0 Å². The Morgan fingerprint density at radius 3 is 2.41 bits per heavy atom. The number of nitrogens with one attached hydrogen (secondary N) is 1. The van der Waals surface area contributed by atoms with Crippen molar-refractivity contribution in [1.29, 1.82) is 0 Å². The van der Waals surface area contributed by atoms with Gasteiger partial charge in [-0.3, -0.25) is 9.69 Å². The summed E-state index contributed by atoms with van der Waals surface area (Å²) in [6.45, 7) is 4.32. The van der Waals surface area contributed by atoms with Gasteiger partial charge >= 0.3 is 0 Å². The summed E-state index contributed by atoms with van der Waals surface area (Å²) < 4.78 is 27.3. The molecule has 154 valence electrons. The predicted octanol–water partition coefficient (Wildman–Crippen LogP) is 3.32. The van der Waals surface area contributed by atoms with Gasteiger partial charge in [0, 0.05) is 39.6 Å². The Bertz CT molecular complexity index is 985. The maximum Gasteiger partial charge on any atom is 0.243 e. The fourth-order valence-electron chi connectivity index (χ4n) is 3.15. The summed E-state index contributed by atoms with van der Waals surface area (Å²) in [6.07, 6.45) is 4.17. The number of carbonyl (C=O) groups is 1. The monoisotopic (exact) mass is 433 g/mol. The zero-order chi connectivity index (χ0) is 20.9. The topological polar surface area (TPSA) is 69.7 Å². The number of halogens is 1. The van der Waals surface area contributed by atoms with Crippen molar-refractivity contribution in [3.05, 3.63) is 65.2 Å². The van der Waals surface area contributed by atoms with Gasteiger partial charge in [-0.05, 0) is 23.8 Å². The van der Waals surface area contributed by atoms with Crippen molar-refractivity contribution < 1.29 is 13.2 Å². The first kappa shape index (κ1) is 21.5. The van der Waals surface area contributed by atoms with Crippen LogP contribution in [0.4, 0.5) is 5.69 Å². The number of piperazine rings is 1. The van der Waals surface area contributed by atoms with Crippen LogP contribution in [0.1, 0.15) is 12.5 Å². The van der Waals surface area contributed by atoms with Gasteiger partial charge in [0.2, 0.25) is 15.9 Å². The van der Waals surface area contributed by atoms with Crippen molar-refractivity contribution in [1.82, 2.24) is 9.21 Å². The lowest BCUT2D eigenvalue weighted by atomic mass is 10.2. The molecule has 8 heteroatoms. The number of carbonyl (C=O) groups excluding carboxylic acids is 1. The molecule has 1 aliphatic rings. The highest BCUT2D eigenvalue weighted by molar-refractivity contribution is 7.89. The van der Waals surface area contributed by atoms with Crippen LogP contribution in [0.3, 0.4) is 0 Å². The molecule has 1 saturated heterocycles. The minimum atomic E-state index is -3.63. The number of nitrogens with zero attached hydrogens (tertiary/aromatic N) is 2. The number of hydrogen-bond acceptors (Lipinski definition) is 4. The van der Waals surface area contributed by atoms with Gasteiger partial charge in [0.05, 0.1) is 15.6 Å². The van der Waals surface area contributed by atoms with Crippen molar-refractivity contribution in [3.8, 4) is 0 Å². The molecule has 0 bridgehead atoms. The third-order valence-corrected chi connectivity index (χ3v) is 6.90. The zero-order valence-corrected chi connectivity index (χ0v) is 17.8. The third kappa shape index (κ3) is 5.67. The van der Waals surface area contributed by atoms with Gasteiger partial charge in [0.25, 0.3) is 0 Å². The van der Waals surface area contributed by atoms with E-state index in [-0.39, 0.29) is 15.8 Å². The molecule has 0 atom stereocenters. The Kier molecular flexibility index (Phi) is 7.08. The zero-order valence-electron chi connectivity index (χ0n) is 16.2. The van der Waals surface area contributed by atoms with E-state index in [0.29, 0.717) is 31.9 Å². The van der Waals surface area contributed by atoms with Crippen LogP contribution in [0, 0.1) is 0 Å². The number of benzene rings is 2. The molecule has 2 aromatic rings. The molecular formula is C21H24ClN3O3S. The number of anilines is 1. The van der Waals surface area contributed by atoms with Crippen LogP contribution in [0.5, 0.6) is 0 Å². The van der Waals surface area contributed by atoms with E-state index in [0.717, 1.165) is 12.1 Å². The van der Waals surface area contributed by atoms with Gasteiger partial charge < -0.3 is 5.32 Å². The van der Waals surface area contributed by atoms with Gasteiger partial charge in [0.1, 0.15) is 0 Å². The summed E-state index contributed by atoms with van der Waals surface area (Å²) >= 11 is 6.14. The molecule has 3 rings (SSSR count). The highest BCUT2D eigenvalue weighted by Gasteiger charge is 2.28. The van der Waals surface area contributed by atoms with E-state index in [1.807, 2.05) is 30.3 Å². The third-order valence-electron chi connectivity index (χ3n) is 4.69. The number of amides is 1. The summed E-state index contributed by atoms with van der Waals surface area (Å²) in [6, 6.07) is 14.4. The molecule has 0 saturated carbocycles. The maximum absolute atomic E-state index is 12.9.